The number of rotatable bonds is 4. The van der Waals surface area contributed by atoms with Crippen molar-refractivity contribution in [1.82, 2.24) is 19.9 Å². The Kier molecular flexibility index (Phi) is 4.64. The fourth-order valence-corrected chi connectivity index (χ4v) is 3.48. The van der Waals surface area contributed by atoms with Crippen LogP contribution in [0.2, 0.25) is 5.02 Å². The molecule has 1 aliphatic rings. The number of fused-ring (bicyclic) bond motifs is 1. The van der Waals surface area contributed by atoms with Crippen LogP contribution in [0.15, 0.2) is 36.5 Å². The molecule has 0 saturated carbocycles. The van der Waals surface area contributed by atoms with Gasteiger partial charge in [-0.15, -0.1) is 0 Å². The zero-order valence-corrected chi connectivity index (χ0v) is 14.6. The average Bonchev–Trinajstić information content (AvgIpc) is 3.02. The lowest BCUT2D eigenvalue weighted by molar-refractivity contribution is 0.389. The molecule has 7 heteroatoms. The number of halogens is 1. The number of aromatic nitrogens is 3. The molecule has 1 fully saturated rings. The third-order valence-corrected chi connectivity index (χ3v) is 5.01. The van der Waals surface area contributed by atoms with Gasteiger partial charge in [0.25, 0.3) is 0 Å². The Balaban J connectivity index is 1.70. The van der Waals surface area contributed by atoms with Crippen LogP contribution in [0.1, 0.15) is 12.8 Å². The normalized spacial score (nSPS) is 15.6. The first-order chi connectivity index (χ1) is 12.2. The minimum absolute atomic E-state index is 0.554. The van der Waals surface area contributed by atoms with Crippen molar-refractivity contribution in [3.63, 3.8) is 0 Å². The summed E-state index contributed by atoms with van der Waals surface area (Å²) in [6.45, 7) is 3.07. The summed E-state index contributed by atoms with van der Waals surface area (Å²) < 4.78 is 1.76. The largest absolute Gasteiger partial charge is 0.370 e. The van der Waals surface area contributed by atoms with Crippen LogP contribution in [0, 0.1) is 5.92 Å². The van der Waals surface area contributed by atoms with Crippen LogP contribution >= 0.6 is 11.6 Å². The Morgan fingerprint density at radius 1 is 1.28 bits per heavy atom. The SMILES string of the molecule is [B]c1cnn2c(NCC3CCNCC3)cc(-c3ccccc3Cl)nc12. The Morgan fingerprint density at radius 2 is 2.08 bits per heavy atom. The van der Waals surface area contributed by atoms with Gasteiger partial charge in [0.05, 0.1) is 5.69 Å². The molecule has 1 aromatic carbocycles. The zero-order valence-electron chi connectivity index (χ0n) is 13.9. The molecule has 3 aromatic rings. The molecule has 0 unspecified atom stereocenters. The third-order valence-electron chi connectivity index (χ3n) is 4.68. The number of piperidine rings is 1. The lowest BCUT2D eigenvalue weighted by Gasteiger charge is -2.23. The lowest BCUT2D eigenvalue weighted by atomic mass is 9.98. The fraction of sp³-hybridized carbons (Fsp3) is 0.333. The van der Waals surface area contributed by atoms with Crippen molar-refractivity contribution in [2.75, 3.05) is 25.0 Å². The Bertz CT molecular complexity index is 888. The van der Waals surface area contributed by atoms with E-state index in [2.05, 4.69) is 20.7 Å². The molecule has 0 aliphatic carbocycles. The molecule has 5 nitrogen and oxygen atoms in total. The van der Waals surface area contributed by atoms with Crippen LogP contribution in [0.5, 0.6) is 0 Å². The summed E-state index contributed by atoms with van der Waals surface area (Å²) in [5.74, 6) is 1.54. The predicted octanol–water partition coefficient (Wildman–Crippen LogP) is 2.25. The van der Waals surface area contributed by atoms with Crippen molar-refractivity contribution in [2.24, 2.45) is 5.92 Å². The second kappa shape index (κ2) is 7.06. The van der Waals surface area contributed by atoms with Gasteiger partial charge in [0, 0.05) is 29.4 Å². The maximum absolute atomic E-state index is 6.35. The van der Waals surface area contributed by atoms with Gasteiger partial charge in [0.2, 0.25) is 0 Å². The summed E-state index contributed by atoms with van der Waals surface area (Å²) in [6.07, 6.45) is 3.99. The topological polar surface area (TPSA) is 54.2 Å². The van der Waals surface area contributed by atoms with Gasteiger partial charge in [-0.25, -0.2) is 4.98 Å². The van der Waals surface area contributed by atoms with Crippen molar-refractivity contribution in [3.05, 3.63) is 41.6 Å². The molecule has 1 aliphatic heterocycles. The van der Waals surface area contributed by atoms with Crippen LogP contribution in [-0.2, 0) is 0 Å². The highest BCUT2D eigenvalue weighted by atomic mass is 35.5. The Hall–Kier alpha value is -2.05. The molecule has 2 radical (unpaired) electrons. The number of hydrogen-bond acceptors (Lipinski definition) is 4. The summed E-state index contributed by atoms with van der Waals surface area (Å²) in [4.78, 5) is 4.66. The Labute approximate surface area is 153 Å². The maximum Gasteiger partial charge on any atom is 0.150 e. The van der Waals surface area contributed by atoms with E-state index in [1.807, 2.05) is 30.3 Å². The van der Waals surface area contributed by atoms with Gasteiger partial charge >= 0.3 is 0 Å². The van der Waals surface area contributed by atoms with Gasteiger partial charge in [-0.05, 0) is 43.4 Å². The van der Waals surface area contributed by atoms with Crippen molar-refractivity contribution in [3.8, 4) is 11.3 Å². The van der Waals surface area contributed by atoms with Crippen molar-refractivity contribution >= 4 is 36.4 Å². The molecule has 0 atom stereocenters. The van der Waals surface area contributed by atoms with E-state index >= 15 is 0 Å². The molecule has 126 valence electrons. The maximum atomic E-state index is 6.35. The second-order valence-corrected chi connectivity index (χ2v) is 6.82. The Morgan fingerprint density at radius 3 is 2.88 bits per heavy atom. The molecule has 0 bridgehead atoms. The molecular weight excluding hydrogens is 332 g/mol. The van der Waals surface area contributed by atoms with Crippen LogP contribution in [0.3, 0.4) is 0 Å². The molecule has 0 amide bonds. The molecule has 1 saturated heterocycles. The van der Waals surface area contributed by atoms with Crippen LogP contribution in [-0.4, -0.2) is 42.1 Å². The highest BCUT2D eigenvalue weighted by Gasteiger charge is 2.15. The molecule has 25 heavy (non-hydrogen) atoms. The van der Waals surface area contributed by atoms with E-state index in [-0.39, 0.29) is 0 Å². The van der Waals surface area contributed by atoms with Gasteiger partial charge < -0.3 is 10.6 Å². The standard InChI is InChI=1S/C18H19BClN5/c19-14-11-23-25-17(22-10-12-5-7-21-8-6-12)9-16(24-18(14)25)13-3-1-2-4-15(13)20/h1-4,9,11-12,21-22H,5-8,10H2. The highest BCUT2D eigenvalue weighted by Crippen LogP contribution is 2.28. The molecular formula is C18H19BClN5. The van der Waals surface area contributed by atoms with E-state index in [0.29, 0.717) is 22.1 Å². The summed E-state index contributed by atoms with van der Waals surface area (Å²) in [5.41, 5.74) is 2.87. The fourth-order valence-electron chi connectivity index (χ4n) is 3.25. The third kappa shape index (κ3) is 3.37. The first-order valence-corrected chi connectivity index (χ1v) is 8.94. The van der Waals surface area contributed by atoms with E-state index in [9.17, 15) is 0 Å². The number of nitrogens with one attached hydrogen (secondary N) is 2. The quantitative estimate of drug-likeness (QED) is 0.708. The van der Waals surface area contributed by atoms with Gasteiger partial charge in [-0.3, -0.25) is 0 Å². The van der Waals surface area contributed by atoms with E-state index in [4.69, 9.17) is 19.4 Å². The van der Waals surface area contributed by atoms with E-state index in [0.717, 1.165) is 36.7 Å². The highest BCUT2D eigenvalue weighted by molar-refractivity contribution is 6.36. The smallest absolute Gasteiger partial charge is 0.150 e. The van der Waals surface area contributed by atoms with Gasteiger partial charge in [-0.2, -0.15) is 9.61 Å². The molecule has 4 rings (SSSR count). The van der Waals surface area contributed by atoms with E-state index < -0.39 is 0 Å². The van der Waals surface area contributed by atoms with Gasteiger partial charge in [-0.1, -0.05) is 29.8 Å². The molecule has 0 spiro atoms. The summed E-state index contributed by atoms with van der Waals surface area (Å²) in [7, 11) is 6.05. The molecule has 2 N–H and O–H groups in total. The van der Waals surface area contributed by atoms with Crippen molar-refractivity contribution in [2.45, 2.75) is 12.8 Å². The number of anilines is 1. The van der Waals surface area contributed by atoms with E-state index in [1.165, 1.54) is 12.8 Å². The monoisotopic (exact) mass is 351 g/mol. The summed E-state index contributed by atoms with van der Waals surface area (Å²) in [5, 5.41) is 12.0. The minimum Gasteiger partial charge on any atom is -0.370 e. The van der Waals surface area contributed by atoms with Crippen molar-refractivity contribution < 1.29 is 0 Å². The van der Waals surface area contributed by atoms with Crippen molar-refractivity contribution in [1.29, 1.82) is 0 Å². The molecule has 3 heterocycles. The minimum atomic E-state index is 0.554. The summed E-state index contributed by atoms with van der Waals surface area (Å²) >= 11 is 6.35. The number of nitrogens with zero attached hydrogens (tertiary/aromatic N) is 3. The van der Waals surface area contributed by atoms with Crippen LogP contribution in [0.4, 0.5) is 5.82 Å². The average molecular weight is 352 g/mol. The van der Waals surface area contributed by atoms with Gasteiger partial charge in [0.1, 0.15) is 13.7 Å². The van der Waals surface area contributed by atoms with Crippen LogP contribution in [0.25, 0.3) is 16.9 Å². The van der Waals surface area contributed by atoms with Gasteiger partial charge in [0.15, 0.2) is 5.65 Å². The first kappa shape index (κ1) is 16.4. The summed E-state index contributed by atoms with van der Waals surface area (Å²) in [6, 6.07) is 9.68. The predicted molar refractivity (Wildman–Crippen MR) is 103 cm³/mol. The zero-order chi connectivity index (χ0) is 17.2. The second-order valence-electron chi connectivity index (χ2n) is 6.42. The number of benzene rings is 1. The lowest BCUT2D eigenvalue weighted by Crippen LogP contribution is -2.31. The van der Waals surface area contributed by atoms with E-state index in [1.54, 1.807) is 10.7 Å². The molecule has 2 aromatic heterocycles. The first-order valence-electron chi connectivity index (χ1n) is 8.56. The number of hydrogen-bond donors (Lipinski definition) is 2. The van der Waals surface area contributed by atoms with Crippen LogP contribution < -0.4 is 16.1 Å².